The summed E-state index contributed by atoms with van der Waals surface area (Å²) in [5.41, 5.74) is 0.696. The van der Waals surface area contributed by atoms with Crippen LogP contribution in [0.25, 0.3) is 0 Å². The average molecular weight is 343 g/mol. The summed E-state index contributed by atoms with van der Waals surface area (Å²) in [4.78, 5) is 0. The van der Waals surface area contributed by atoms with Crippen LogP contribution >= 0.6 is 9.24 Å². The van der Waals surface area contributed by atoms with Crippen molar-refractivity contribution in [1.82, 2.24) is 0 Å². The lowest BCUT2D eigenvalue weighted by atomic mass is 9.71. The third-order valence-corrected chi connectivity index (χ3v) is 6.00. The fourth-order valence-corrected chi connectivity index (χ4v) is 4.22. The lowest BCUT2D eigenvalue weighted by molar-refractivity contribution is 0.175. The van der Waals surface area contributed by atoms with E-state index in [1.54, 1.807) is 0 Å². The predicted octanol–water partition coefficient (Wildman–Crippen LogP) is 8.54. The predicted molar refractivity (Wildman–Crippen MR) is 113 cm³/mol. The molecule has 0 saturated carbocycles. The summed E-state index contributed by atoms with van der Waals surface area (Å²) in [6, 6.07) is 0. The van der Waals surface area contributed by atoms with Gasteiger partial charge in [-0.25, -0.2) is 0 Å². The lowest BCUT2D eigenvalue weighted by Crippen LogP contribution is -2.21. The van der Waals surface area contributed by atoms with Gasteiger partial charge in [0.15, 0.2) is 0 Å². The average Bonchev–Trinajstić information content (AvgIpc) is 2.58. The first-order chi connectivity index (χ1) is 11.2. The Morgan fingerprint density at radius 3 is 1.22 bits per heavy atom. The summed E-state index contributed by atoms with van der Waals surface area (Å²) in [5, 5.41) is 0. The molecule has 0 N–H and O–H groups in total. The molecule has 0 fully saturated rings. The van der Waals surface area contributed by atoms with Crippen LogP contribution in [0.1, 0.15) is 130 Å². The Labute approximate surface area is 151 Å². The van der Waals surface area contributed by atoms with Gasteiger partial charge in [-0.05, 0) is 43.7 Å². The minimum Gasteiger partial charge on any atom is -0.138 e. The molecule has 0 aliphatic rings. The van der Waals surface area contributed by atoms with Crippen molar-refractivity contribution in [2.75, 3.05) is 6.16 Å². The zero-order chi connectivity index (χ0) is 17.2. The van der Waals surface area contributed by atoms with Crippen molar-refractivity contribution >= 4 is 9.24 Å². The molecule has 0 saturated heterocycles. The number of hydrogen-bond donors (Lipinski definition) is 0. The highest BCUT2D eigenvalue weighted by Crippen LogP contribution is 2.41. The first kappa shape index (κ1) is 23.4. The van der Waals surface area contributed by atoms with Crippen molar-refractivity contribution < 1.29 is 0 Å². The van der Waals surface area contributed by atoms with Crippen LogP contribution < -0.4 is 0 Å². The summed E-state index contributed by atoms with van der Waals surface area (Å²) in [6.45, 7) is 7.08. The van der Waals surface area contributed by atoms with Crippen LogP contribution in [0.15, 0.2) is 0 Å². The molecule has 0 aromatic rings. The Balaban J connectivity index is 4.14. The van der Waals surface area contributed by atoms with E-state index in [4.69, 9.17) is 0 Å². The second kappa shape index (κ2) is 17.3. The van der Waals surface area contributed by atoms with Crippen LogP contribution in [0.4, 0.5) is 0 Å². The van der Waals surface area contributed by atoms with Crippen molar-refractivity contribution in [2.24, 2.45) is 5.41 Å². The van der Waals surface area contributed by atoms with Crippen molar-refractivity contribution in [3.8, 4) is 0 Å². The van der Waals surface area contributed by atoms with E-state index in [1.165, 1.54) is 115 Å². The molecule has 0 nitrogen and oxygen atoms in total. The first-order valence-electron chi connectivity index (χ1n) is 10.9. The molecule has 1 unspecified atom stereocenters. The van der Waals surface area contributed by atoms with Gasteiger partial charge in [-0.3, -0.25) is 0 Å². The van der Waals surface area contributed by atoms with Crippen LogP contribution in [0.3, 0.4) is 0 Å². The molecule has 1 atom stereocenters. The van der Waals surface area contributed by atoms with Crippen LogP contribution in [-0.2, 0) is 0 Å². The fourth-order valence-electron chi connectivity index (χ4n) is 3.93. The van der Waals surface area contributed by atoms with Crippen molar-refractivity contribution in [2.45, 2.75) is 130 Å². The van der Waals surface area contributed by atoms with Crippen LogP contribution in [0, 0.1) is 5.41 Å². The van der Waals surface area contributed by atoms with Gasteiger partial charge >= 0.3 is 0 Å². The Hall–Kier alpha value is 0.430. The van der Waals surface area contributed by atoms with Gasteiger partial charge in [-0.15, -0.1) is 9.24 Å². The highest BCUT2D eigenvalue weighted by atomic mass is 31.0. The van der Waals surface area contributed by atoms with Gasteiger partial charge in [0, 0.05) is 0 Å². The van der Waals surface area contributed by atoms with E-state index < -0.39 is 0 Å². The number of unbranched alkanes of at least 4 members (excludes halogenated alkanes) is 9. The van der Waals surface area contributed by atoms with Gasteiger partial charge in [-0.1, -0.05) is 97.8 Å². The van der Waals surface area contributed by atoms with E-state index in [2.05, 4.69) is 30.0 Å². The van der Waals surface area contributed by atoms with Gasteiger partial charge in [0.2, 0.25) is 0 Å². The maximum Gasteiger partial charge on any atom is -0.0297 e. The minimum absolute atomic E-state index is 0.696. The molecule has 140 valence electrons. The van der Waals surface area contributed by atoms with Crippen molar-refractivity contribution in [1.29, 1.82) is 0 Å². The van der Waals surface area contributed by atoms with E-state index in [9.17, 15) is 0 Å². The molecule has 0 heterocycles. The molecular formula is C22H47P. The Morgan fingerprint density at radius 2 is 0.826 bits per heavy atom. The number of hydrogen-bond acceptors (Lipinski definition) is 0. The molecular weight excluding hydrogens is 295 g/mol. The monoisotopic (exact) mass is 342 g/mol. The maximum atomic E-state index is 2.85. The third-order valence-electron chi connectivity index (χ3n) is 5.59. The van der Waals surface area contributed by atoms with E-state index in [-0.39, 0.29) is 0 Å². The van der Waals surface area contributed by atoms with E-state index >= 15 is 0 Å². The van der Waals surface area contributed by atoms with Crippen LogP contribution in [0.2, 0.25) is 0 Å². The van der Waals surface area contributed by atoms with E-state index in [1.807, 2.05) is 0 Å². The molecule has 0 rings (SSSR count). The van der Waals surface area contributed by atoms with Gasteiger partial charge in [-0.2, -0.15) is 0 Å². The van der Waals surface area contributed by atoms with Gasteiger partial charge in [0.05, 0.1) is 0 Å². The smallest absolute Gasteiger partial charge is 0.0297 e. The molecule has 0 radical (unpaired) electrons. The molecule has 0 amide bonds. The molecule has 0 aliphatic carbocycles. The van der Waals surface area contributed by atoms with Gasteiger partial charge < -0.3 is 0 Å². The summed E-state index contributed by atoms with van der Waals surface area (Å²) in [5.74, 6) is 0. The summed E-state index contributed by atoms with van der Waals surface area (Å²) in [6.07, 6.45) is 26.0. The highest BCUT2D eigenvalue weighted by molar-refractivity contribution is 7.16. The minimum atomic E-state index is 0.696. The van der Waals surface area contributed by atoms with Gasteiger partial charge in [0.25, 0.3) is 0 Å². The first-order valence-corrected chi connectivity index (χ1v) is 11.8. The quantitative estimate of drug-likeness (QED) is 0.173. The van der Waals surface area contributed by atoms with E-state index in [0.717, 1.165) is 0 Å². The van der Waals surface area contributed by atoms with Crippen LogP contribution in [-0.4, -0.2) is 6.16 Å². The van der Waals surface area contributed by atoms with Crippen LogP contribution in [0.5, 0.6) is 0 Å². The summed E-state index contributed by atoms with van der Waals surface area (Å²) >= 11 is 0. The highest BCUT2D eigenvalue weighted by Gasteiger charge is 2.27. The molecule has 23 heavy (non-hydrogen) atoms. The SMILES string of the molecule is CCCCC(CCCC)(CCCC)CCCCCCCCCP. The Morgan fingerprint density at radius 1 is 0.478 bits per heavy atom. The fraction of sp³-hybridized carbons (Fsp3) is 1.00. The molecule has 0 spiro atoms. The zero-order valence-corrected chi connectivity index (χ0v) is 18.0. The van der Waals surface area contributed by atoms with Crippen molar-refractivity contribution in [3.63, 3.8) is 0 Å². The Kier molecular flexibility index (Phi) is 17.6. The molecule has 0 aromatic heterocycles. The molecule has 0 aliphatic heterocycles. The molecule has 1 heteroatoms. The Bertz CT molecular complexity index is 202. The van der Waals surface area contributed by atoms with E-state index in [0.29, 0.717) is 5.41 Å². The van der Waals surface area contributed by atoms with Crippen molar-refractivity contribution in [3.05, 3.63) is 0 Å². The third kappa shape index (κ3) is 13.4. The maximum absolute atomic E-state index is 2.85. The summed E-state index contributed by atoms with van der Waals surface area (Å²) in [7, 11) is 2.85. The number of rotatable bonds is 18. The lowest BCUT2D eigenvalue weighted by Gasteiger charge is -2.35. The summed E-state index contributed by atoms with van der Waals surface area (Å²) < 4.78 is 0. The largest absolute Gasteiger partial charge is 0.138 e. The normalized spacial score (nSPS) is 12.0. The second-order valence-corrected chi connectivity index (χ2v) is 8.40. The zero-order valence-electron chi connectivity index (χ0n) is 16.8. The van der Waals surface area contributed by atoms with Gasteiger partial charge in [0.1, 0.15) is 0 Å². The second-order valence-electron chi connectivity index (χ2n) is 7.82. The molecule has 0 bridgehead atoms. The standard InChI is InChI=1S/C22H47P/c1-4-7-17-22(18-8-5-2,19-9-6-3)20-15-13-11-10-12-14-16-21-23/h4-21,23H2,1-3H3. The topological polar surface area (TPSA) is 0 Å². The molecule has 0 aromatic carbocycles.